The number of benzene rings is 1. The molecule has 0 spiro atoms. The summed E-state index contributed by atoms with van der Waals surface area (Å²) in [5.41, 5.74) is 0.145. The summed E-state index contributed by atoms with van der Waals surface area (Å²) in [6.45, 7) is 3.37. The molecule has 1 aromatic heterocycles. The zero-order valence-electron chi connectivity index (χ0n) is 13.6. The van der Waals surface area contributed by atoms with Gasteiger partial charge in [-0.15, -0.1) is 0 Å². The van der Waals surface area contributed by atoms with E-state index >= 15 is 0 Å². The van der Waals surface area contributed by atoms with Gasteiger partial charge in [-0.1, -0.05) is 23.9 Å². The largest absolute Gasteiger partial charge is 0.468 e. The lowest BCUT2D eigenvalue weighted by atomic mass is 10.2. The van der Waals surface area contributed by atoms with E-state index in [9.17, 15) is 14.4 Å². The summed E-state index contributed by atoms with van der Waals surface area (Å²) in [4.78, 5) is 40.5. The van der Waals surface area contributed by atoms with Crippen molar-refractivity contribution < 1.29 is 19.1 Å². The van der Waals surface area contributed by atoms with Crippen molar-refractivity contribution in [1.29, 1.82) is 0 Å². The van der Waals surface area contributed by atoms with E-state index in [-0.39, 0.29) is 23.9 Å². The van der Waals surface area contributed by atoms with Crippen molar-refractivity contribution in [3.8, 4) is 0 Å². The van der Waals surface area contributed by atoms with Gasteiger partial charge in [0, 0.05) is 0 Å². The van der Waals surface area contributed by atoms with Crippen LogP contribution in [0.25, 0.3) is 10.9 Å². The lowest BCUT2D eigenvalue weighted by molar-refractivity contribution is -0.142. The molecule has 0 saturated heterocycles. The maximum absolute atomic E-state index is 12.7. The topological polar surface area (TPSA) is 87.5 Å². The van der Waals surface area contributed by atoms with Crippen LogP contribution in [-0.4, -0.2) is 40.5 Å². The van der Waals surface area contributed by atoms with Crippen molar-refractivity contribution in [2.75, 3.05) is 13.7 Å². The molecule has 0 fully saturated rings. The molecule has 2 rings (SSSR count). The summed E-state index contributed by atoms with van der Waals surface area (Å²) in [7, 11) is 1.25. The molecular weight excluding hydrogens is 332 g/mol. The monoisotopic (exact) mass is 350 g/mol. The van der Waals surface area contributed by atoms with Gasteiger partial charge in [0.25, 0.3) is 5.56 Å². The maximum atomic E-state index is 12.7. The Hall–Kier alpha value is -2.35. The third kappa shape index (κ3) is 3.94. The highest BCUT2D eigenvalue weighted by Gasteiger charge is 2.21. The van der Waals surface area contributed by atoms with Crippen LogP contribution in [0.15, 0.2) is 34.2 Å². The first-order chi connectivity index (χ1) is 11.5. The van der Waals surface area contributed by atoms with Crippen LogP contribution >= 0.6 is 11.8 Å². The number of aromatic nitrogens is 2. The first kappa shape index (κ1) is 18.0. The zero-order valence-corrected chi connectivity index (χ0v) is 14.5. The first-order valence-corrected chi connectivity index (χ1v) is 8.25. The molecular formula is C16H18N2O5S. The first-order valence-electron chi connectivity index (χ1n) is 7.37. The van der Waals surface area contributed by atoms with E-state index in [2.05, 4.69) is 9.72 Å². The molecule has 0 saturated carbocycles. The molecule has 8 heteroatoms. The Morgan fingerprint density at radius 3 is 2.71 bits per heavy atom. The summed E-state index contributed by atoms with van der Waals surface area (Å²) in [6.07, 6.45) is 0. The lowest BCUT2D eigenvalue weighted by Gasteiger charge is -2.15. The summed E-state index contributed by atoms with van der Waals surface area (Å²) < 4.78 is 10.8. The summed E-state index contributed by atoms with van der Waals surface area (Å²) >= 11 is 1.07. The molecule has 2 aromatic rings. The summed E-state index contributed by atoms with van der Waals surface area (Å²) in [5, 5.41) is 0.0982. The standard InChI is InChI=1S/C16H18N2O5S/c1-4-23-15(21)10(2)24-16-17-12-8-6-5-7-11(12)14(20)18(16)9-13(19)22-3/h5-8,10H,4,9H2,1-3H3. The molecule has 0 aliphatic heterocycles. The average Bonchev–Trinajstić information content (AvgIpc) is 2.58. The molecule has 0 aliphatic rings. The number of methoxy groups -OCH3 is 1. The number of carbonyl (C=O) groups excluding carboxylic acids is 2. The van der Waals surface area contributed by atoms with Crippen molar-refractivity contribution in [3.63, 3.8) is 0 Å². The highest BCUT2D eigenvalue weighted by Crippen LogP contribution is 2.23. The van der Waals surface area contributed by atoms with Crippen molar-refractivity contribution >= 4 is 34.6 Å². The van der Waals surface area contributed by atoms with Crippen LogP contribution in [0.3, 0.4) is 0 Å². The number of thioether (sulfide) groups is 1. The Morgan fingerprint density at radius 2 is 2.04 bits per heavy atom. The Kier molecular flexibility index (Phi) is 5.97. The van der Waals surface area contributed by atoms with Crippen molar-refractivity contribution in [2.24, 2.45) is 0 Å². The highest BCUT2D eigenvalue weighted by molar-refractivity contribution is 8.00. The highest BCUT2D eigenvalue weighted by atomic mass is 32.2. The molecule has 1 aromatic carbocycles. The Balaban J connectivity index is 2.49. The maximum Gasteiger partial charge on any atom is 0.325 e. The van der Waals surface area contributed by atoms with Gasteiger partial charge in [-0.2, -0.15) is 0 Å². The molecule has 1 atom stereocenters. The fourth-order valence-corrected chi connectivity index (χ4v) is 2.94. The predicted molar refractivity (Wildman–Crippen MR) is 90.0 cm³/mol. The predicted octanol–water partition coefficient (Wildman–Crippen LogP) is 1.61. The van der Waals surface area contributed by atoms with Crippen LogP contribution in [0.5, 0.6) is 0 Å². The van der Waals surface area contributed by atoms with Gasteiger partial charge in [-0.25, -0.2) is 4.98 Å². The van der Waals surface area contributed by atoms with E-state index in [4.69, 9.17) is 4.74 Å². The van der Waals surface area contributed by atoms with E-state index in [1.54, 1.807) is 38.1 Å². The van der Waals surface area contributed by atoms with Crippen LogP contribution in [0.1, 0.15) is 13.8 Å². The normalized spacial score (nSPS) is 12.0. The van der Waals surface area contributed by atoms with Gasteiger partial charge in [0.1, 0.15) is 11.8 Å². The number of carbonyl (C=O) groups is 2. The fraction of sp³-hybridized carbons (Fsp3) is 0.375. The lowest BCUT2D eigenvalue weighted by Crippen LogP contribution is -2.28. The minimum atomic E-state index is -0.570. The molecule has 128 valence electrons. The number of esters is 2. The number of fused-ring (bicyclic) bond motifs is 1. The van der Waals surface area contributed by atoms with Gasteiger partial charge < -0.3 is 9.47 Å². The second kappa shape index (κ2) is 7.96. The second-order valence-corrected chi connectivity index (χ2v) is 6.20. The van der Waals surface area contributed by atoms with E-state index in [0.717, 1.165) is 11.8 Å². The van der Waals surface area contributed by atoms with Crippen molar-refractivity contribution in [2.45, 2.75) is 30.8 Å². The van der Waals surface area contributed by atoms with E-state index in [1.165, 1.54) is 11.7 Å². The number of para-hydroxylation sites is 1. The van der Waals surface area contributed by atoms with Crippen LogP contribution in [0.2, 0.25) is 0 Å². The fourth-order valence-electron chi connectivity index (χ4n) is 2.04. The Labute approximate surface area is 143 Å². The molecule has 0 amide bonds. The van der Waals surface area contributed by atoms with E-state index in [1.807, 2.05) is 0 Å². The number of ether oxygens (including phenoxy) is 2. The molecule has 0 aliphatic carbocycles. The number of hydrogen-bond acceptors (Lipinski definition) is 7. The van der Waals surface area contributed by atoms with Crippen LogP contribution in [0.4, 0.5) is 0 Å². The number of hydrogen-bond donors (Lipinski definition) is 0. The van der Waals surface area contributed by atoms with Crippen molar-refractivity contribution in [1.82, 2.24) is 9.55 Å². The van der Waals surface area contributed by atoms with E-state index in [0.29, 0.717) is 10.9 Å². The average molecular weight is 350 g/mol. The van der Waals surface area contributed by atoms with Gasteiger partial charge in [0.2, 0.25) is 0 Å². The van der Waals surface area contributed by atoms with Crippen LogP contribution in [0, 0.1) is 0 Å². The SMILES string of the molecule is CCOC(=O)C(C)Sc1nc2ccccc2c(=O)n1CC(=O)OC. The molecule has 0 radical (unpaired) electrons. The summed E-state index contributed by atoms with van der Waals surface area (Å²) in [6, 6.07) is 6.84. The van der Waals surface area contributed by atoms with Gasteiger partial charge in [0.05, 0.1) is 24.6 Å². The molecule has 0 bridgehead atoms. The molecule has 7 nitrogen and oxygen atoms in total. The minimum absolute atomic E-state index is 0.268. The van der Waals surface area contributed by atoms with Gasteiger partial charge >= 0.3 is 11.9 Å². The summed E-state index contributed by atoms with van der Waals surface area (Å²) in [5.74, 6) is -0.977. The third-order valence-electron chi connectivity index (χ3n) is 3.24. The number of nitrogens with zero attached hydrogens (tertiary/aromatic N) is 2. The zero-order chi connectivity index (χ0) is 17.7. The second-order valence-electron chi connectivity index (χ2n) is 4.89. The molecule has 1 unspecified atom stereocenters. The molecule has 1 heterocycles. The smallest absolute Gasteiger partial charge is 0.325 e. The Morgan fingerprint density at radius 1 is 1.33 bits per heavy atom. The van der Waals surface area contributed by atoms with Crippen molar-refractivity contribution in [3.05, 3.63) is 34.6 Å². The van der Waals surface area contributed by atoms with E-state index < -0.39 is 17.2 Å². The van der Waals surface area contributed by atoms with Crippen LogP contribution in [-0.2, 0) is 25.6 Å². The minimum Gasteiger partial charge on any atom is -0.468 e. The third-order valence-corrected chi connectivity index (χ3v) is 4.31. The van der Waals surface area contributed by atoms with Gasteiger partial charge in [-0.3, -0.25) is 19.0 Å². The van der Waals surface area contributed by atoms with Gasteiger partial charge in [0.15, 0.2) is 5.16 Å². The molecule has 24 heavy (non-hydrogen) atoms. The number of rotatable bonds is 6. The molecule has 0 N–H and O–H groups in total. The Bertz CT molecular complexity index is 818. The van der Waals surface area contributed by atoms with Gasteiger partial charge in [-0.05, 0) is 26.0 Å². The quantitative estimate of drug-likeness (QED) is 0.444. The van der Waals surface area contributed by atoms with Crippen LogP contribution < -0.4 is 5.56 Å².